The van der Waals surface area contributed by atoms with Crippen LogP contribution in [0.15, 0.2) is 66.7 Å². The van der Waals surface area contributed by atoms with Gasteiger partial charge < -0.3 is 15.5 Å². The van der Waals surface area contributed by atoms with Gasteiger partial charge >= 0.3 is 0 Å². The van der Waals surface area contributed by atoms with E-state index in [1.54, 1.807) is 24.3 Å². The molecule has 3 amide bonds. The van der Waals surface area contributed by atoms with Crippen LogP contribution in [0.4, 0.5) is 14.5 Å². The fourth-order valence-electron chi connectivity index (χ4n) is 4.66. The van der Waals surface area contributed by atoms with Gasteiger partial charge in [-0.15, -0.1) is 0 Å². The minimum absolute atomic E-state index is 0.0172. The number of carbonyl (C=O) groups excluding carboxylic acids is 3. The number of nitrogens with one attached hydrogen (secondary N) is 2. The van der Waals surface area contributed by atoms with E-state index in [1.807, 2.05) is 24.3 Å². The molecule has 1 unspecified atom stereocenters. The highest BCUT2D eigenvalue weighted by molar-refractivity contribution is 6.30. The lowest BCUT2D eigenvalue weighted by Crippen LogP contribution is -2.62. The van der Waals surface area contributed by atoms with Crippen LogP contribution in [0.3, 0.4) is 0 Å². The summed E-state index contributed by atoms with van der Waals surface area (Å²) in [5.74, 6) is -2.95. The number of likely N-dealkylation sites (tertiary alicyclic amines) is 1. The fraction of sp³-hybridized carbons (Fsp3) is 0.250. The minimum Gasteiger partial charge on any atom is -0.339 e. The predicted molar refractivity (Wildman–Crippen MR) is 145 cm³/mol. The van der Waals surface area contributed by atoms with Crippen LogP contribution >= 0.6 is 23.2 Å². The molecule has 3 aromatic rings. The van der Waals surface area contributed by atoms with Crippen molar-refractivity contribution in [2.24, 2.45) is 0 Å². The Morgan fingerprint density at radius 1 is 0.974 bits per heavy atom. The standard InChI is InChI=1S/C28H26Cl2F2N4O3/c1-17(33-16-37)34-26(38)13-27(39)36(24-11-22(31)10-23(32)12-24)25-14-35(15-25)28(18-2-6-20(29)7-3-18)19-4-8-21(30)9-5-19/h2-12,16-17,25,28H,13-15H2,1H3,(H,33,37)(H,34,38). The van der Waals surface area contributed by atoms with E-state index in [4.69, 9.17) is 23.2 Å². The molecule has 1 aliphatic heterocycles. The number of nitrogens with zero attached hydrogens (tertiary/aromatic N) is 2. The van der Waals surface area contributed by atoms with Crippen molar-refractivity contribution in [2.45, 2.75) is 31.6 Å². The van der Waals surface area contributed by atoms with Gasteiger partial charge in [0.1, 0.15) is 18.1 Å². The molecule has 0 spiro atoms. The fourth-order valence-corrected chi connectivity index (χ4v) is 4.91. The molecule has 7 nitrogen and oxygen atoms in total. The molecule has 3 aromatic carbocycles. The molecule has 0 radical (unpaired) electrons. The van der Waals surface area contributed by atoms with E-state index in [2.05, 4.69) is 15.5 Å². The van der Waals surface area contributed by atoms with Gasteiger partial charge in [0.2, 0.25) is 18.2 Å². The van der Waals surface area contributed by atoms with Crippen LogP contribution in [0.1, 0.15) is 30.5 Å². The Morgan fingerprint density at radius 2 is 1.49 bits per heavy atom. The summed E-state index contributed by atoms with van der Waals surface area (Å²) in [7, 11) is 0. The topological polar surface area (TPSA) is 81.8 Å². The summed E-state index contributed by atoms with van der Waals surface area (Å²) in [5, 5.41) is 6.04. The van der Waals surface area contributed by atoms with Crippen LogP contribution in [0.5, 0.6) is 0 Å². The van der Waals surface area contributed by atoms with Crippen molar-refractivity contribution in [3.8, 4) is 0 Å². The molecule has 11 heteroatoms. The summed E-state index contributed by atoms with van der Waals surface area (Å²) in [4.78, 5) is 39.8. The zero-order valence-electron chi connectivity index (χ0n) is 20.9. The second-order valence-electron chi connectivity index (χ2n) is 9.26. The van der Waals surface area contributed by atoms with E-state index in [0.717, 1.165) is 29.3 Å². The Hall–Kier alpha value is -3.53. The molecule has 204 valence electrons. The summed E-state index contributed by atoms with van der Waals surface area (Å²) < 4.78 is 28.3. The number of rotatable bonds is 10. The Bertz CT molecular complexity index is 1270. The lowest BCUT2D eigenvalue weighted by molar-refractivity contribution is -0.129. The van der Waals surface area contributed by atoms with Gasteiger partial charge in [-0.3, -0.25) is 19.3 Å². The van der Waals surface area contributed by atoms with Gasteiger partial charge in [0, 0.05) is 34.9 Å². The first-order valence-electron chi connectivity index (χ1n) is 12.2. The molecule has 1 atom stereocenters. The second kappa shape index (κ2) is 12.5. The van der Waals surface area contributed by atoms with E-state index in [0.29, 0.717) is 29.5 Å². The molecule has 39 heavy (non-hydrogen) atoms. The van der Waals surface area contributed by atoms with Crippen LogP contribution in [-0.2, 0) is 14.4 Å². The van der Waals surface area contributed by atoms with Crippen molar-refractivity contribution in [1.82, 2.24) is 15.5 Å². The summed E-state index contributed by atoms with van der Waals surface area (Å²) in [5.41, 5.74) is 1.94. The maximum atomic E-state index is 14.1. The third-order valence-electron chi connectivity index (χ3n) is 6.39. The molecule has 4 rings (SSSR count). The number of hydrogen-bond acceptors (Lipinski definition) is 4. The van der Waals surface area contributed by atoms with E-state index in [9.17, 15) is 23.2 Å². The molecule has 1 fully saturated rings. The first kappa shape index (κ1) is 28.5. The third kappa shape index (κ3) is 7.11. The monoisotopic (exact) mass is 574 g/mol. The average Bonchev–Trinajstić information content (AvgIpc) is 2.84. The smallest absolute Gasteiger partial charge is 0.236 e. The van der Waals surface area contributed by atoms with Gasteiger partial charge in [-0.1, -0.05) is 47.5 Å². The van der Waals surface area contributed by atoms with E-state index in [-0.39, 0.29) is 11.7 Å². The Balaban J connectivity index is 1.59. The van der Waals surface area contributed by atoms with Crippen molar-refractivity contribution in [3.05, 3.63) is 99.5 Å². The lowest BCUT2D eigenvalue weighted by atomic mass is 9.92. The Labute approximate surface area is 234 Å². The van der Waals surface area contributed by atoms with E-state index < -0.39 is 42.1 Å². The van der Waals surface area contributed by atoms with E-state index >= 15 is 0 Å². The molecule has 1 saturated heterocycles. The molecular formula is C28H26Cl2F2N4O3. The van der Waals surface area contributed by atoms with Crippen LogP contribution in [0.25, 0.3) is 0 Å². The highest BCUT2D eigenvalue weighted by atomic mass is 35.5. The number of benzene rings is 3. The van der Waals surface area contributed by atoms with Crippen LogP contribution in [-0.4, -0.2) is 48.4 Å². The summed E-state index contributed by atoms with van der Waals surface area (Å²) in [6, 6.07) is 17.0. The van der Waals surface area contributed by atoms with Crippen LogP contribution in [0.2, 0.25) is 10.0 Å². The van der Waals surface area contributed by atoms with Gasteiger partial charge in [-0.2, -0.15) is 0 Å². The summed E-state index contributed by atoms with van der Waals surface area (Å²) >= 11 is 12.2. The number of hydrogen-bond donors (Lipinski definition) is 2. The van der Waals surface area contributed by atoms with Gasteiger partial charge in [0.05, 0.1) is 18.2 Å². The van der Waals surface area contributed by atoms with Crippen molar-refractivity contribution in [1.29, 1.82) is 0 Å². The Kier molecular flexibility index (Phi) is 9.16. The number of carbonyl (C=O) groups is 3. The maximum Gasteiger partial charge on any atom is 0.236 e. The minimum atomic E-state index is -0.840. The first-order chi connectivity index (χ1) is 18.6. The molecule has 1 aliphatic rings. The third-order valence-corrected chi connectivity index (χ3v) is 6.90. The van der Waals surface area contributed by atoms with Crippen LogP contribution in [0, 0.1) is 11.6 Å². The van der Waals surface area contributed by atoms with Gasteiger partial charge in [-0.25, -0.2) is 8.78 Å². The lowest BCUT2D eigenvalue weighted by Gasteiger charge is -2.49. The second-order valence-corrected chi connectivity index (χ2v) is 10.1. The number of anilines is 1. The number of amides is 3. The largest absolute Gasteiger partial charge is 0.339 e. The summed E-state index contributed by atoms with van der Waals surface area (Å²) in [6.45, 7) is 2.27. The first-order valence-corrected chi connectivity index (χ1v) is 12.9. The van der Waals surface area contributed by atoms with Crippen molar-refractivity contribution < 1.29 is 23.2 Å². The van der Waals surface area contributed by atoms with Crippen molar-refractivity contribution >= 4 is 47.1 Å². The highest BCUT2D eigenvalue weighted by Crippen LogP contribution is 2.36. The maximum absolute atomic E-state index is 14.1. The van der Waals surface area contributed by atoms with E-state index in [1.165, 1.54) is 11.8 Å². The predicted octanol–water partition coefficient (Wildman–Crippen LogP) is 4.68. The molecule has 0 saturated carbocycles. The van der Waals surface area contributed by atoms with Crippen molar-refractivity contribution in [2.75, 3.05) is 18.0 Å². The quantitative estimate of drug-likeness (QED) is 0.209. The number of halogens is 4. The van der Waals surface area contributed by atoms with Gasteiger partial charge in [-0.05, 0) is 54.4 Å². The molecule has 0 aromatic heterocycles. The van der Waals surface area contributed by atoms with Gasteiger partial charge in [0.25, 0.3) is 0 Å². The van der Waals surface area contributed by atoms with Crippen molar-refractivity contribution in [3.63, 3.8) is 0 Å². The molecule has 2 N–H and O–H groups in total. The van der Waals surface area contributed by atoms with Crippen LogP contribution < -0.4 is 15.5 Å². The molecular weight excluding hydrogens is 549 g/mol. The zero-order valence-corrected chi connectivity index (χ0v) is 22.4. The summed E-state index contributed by atoms with van der Waals surface area (Å²) in [6.07, 6.45) is -0.839. The zero-order chi connectivity index (χ0) is 28.1. The molecule has 0 bridgehead atoms. The average molecular weight is 575 g/mol. The highest BCUT2D eigenvalue weighted by Gasteiger charge is 2.40. The Morgan fingerprint density at radius 3 is 1.97 bits per heavy atom. The molecule has 0 aliphatic carbocycles. The van der Waals surface area contributed by atoms with Gasteiger partial charge in [0.15, 0.2) is 0 Å². The molecule has 1 heterocycles. The SMILES string of the molecule is CC(NC=O)NC(=O)CC(=O)N(c1cc(F)cc(F)c1)C1CN(C(c2ccc(Cl)cc2)c2ccc(Cl)cc2)C1. The normalized spacial score (nSPS) is 14.4.